The molecule has 0 spiro atoms. The zero-order chi connectivity index (χ0) is 11.4. The second-order valence-electron chi connectivity index (χ2n) is 2.94. The highest BCUT2D eigenvalue weighted by atomic mass is 16.3. The van der Waals surface area contributed by atoms with Gasteiger partial charge in [-0.25, -0.2) is 4.98 Å². The lowest BCUT2D eigenvalue weighted by atomic mass is 10.3. The fourth-order valence-electron chi connectivity index (χ4n) is 1.17. The van der Waals surface area contributed by atoms with E-state index < -0.39 is 5.91 Å². The maximum Gasteiger partial charge on any atom is 0.292 e. The smallest absolute Gasteiger partial charge is 0.292 e. The van der Waals surface area contributed by atoms with Crippen LogP contribution in [-0.2, 0) is 0 Å². The second kappa shape index (κ2) is 4.28. The lowest BCUT2D eigenvalue weighted by molar-refractivity contribution is 0.0996. The average molecular weight is 213 g/mol. The van der Waals surface area contributed by atoms with Gasteiger partial charge in [0.05, 0.1) is 11.8 Å². The molecule has 0 saturated carbocycles. The van der Waals surface area contributed by atoms with Crippen LogP contribution >= 0.6 is 0 Å². The number of hydrogen-bond acceptors (Lipinski definition) is 4. The Morgan fingerprint density at radius 3 is 3.00 bits per heavy atom. The monoisotopic (exact) mass is 213 g/mol. The first kappa shape index (κ1) is 9.93. The molecule has 0 aliphatic heterocycles. The minimum Gasteiger partial charge on any atom is -0.459 e. The molecule has 2 aromatic rings. The van der Waals surface area contributed by atoms with Gasteiger partial charge in [0.15, 0.2) is 11.6 Å². The van der Waals surface area contributed by atoms with Gasteiger partial charge in [0.25, 0.3) is 5.91 Å². The Morgan fingerprint density at radius 1 is 1.44 bits per heavy atom. The van der Waals surface area contributed by atoms with Crippen molar-refractivity contribution in [2.24, 2.45) is 0 Å². The molecule has 1 amide bonds. The van der Waals surface area contributed by atoms with Gasteiger partial charge in [-0.05, 0) is 24.3 Å². The van der Waals surface area contributed by atoms with Crippen molar-refractivity contribution in [2.45, 2.75) is 0 Å². The van der Waals surface area contributed by atoms with E-state index in [0.717, 1.165) is 0 Å². The Labute approximate surface area is 91.3 Å². The Bertz CT molecular complexity index is 541. The van der Waals surface area contributed by atoms with Crippen LogP contribution in [0, 0.1) is 11.3 Å². The Hall–Kier alpha value is -2.61. The number of furan rings is 1. The summed E-state index contributed by atoms with van der Waals surface area (Å²) in [6.45, 7) is 0. The van der Waals surface area contributed by atoms with Gasteiger partial charge >= 0.3 is 0 Å². The molecule has 0 atom stereocenters. The molecule has 0 fully saturated rings. The highest BCUT2D eigenvalue weighted by Crippen LogP contribution is 2.11. The maximum absolute atomic E-state index is 11.6. The molecular weight excluding hydrogens is 206 g/mol. The van der Waals surface area contributed by atoms with Crippen LogP contribution in [0.4, 0.5) is 5.82 Å². The molecule has 5 heteroatoms. The summed E-state index contributed by atoms with van der Waals surface area (Å²) < 4.78 is 4.92. The largest absolute Gasteiger partial charge is 0.459 e. The van der Waals surface area contributed by atoms with Crippen molar-refractivity contribution >= 4 is 11.7 Å². The van der Waals surface area contributed by atoms with Gasteiger partial charge in [-0.1, -0.05) is 0 Å². The van der Waals surface area contributed by atoms with Gasteiger partial charge in [0.2, 0.25) is 0 Å². The molecule has 0 bridgehead atoms. The van der Waals surface area contributed by atoms with Crippen molar-refractivity contribution in [2.75, 3.05) is 5.32 Å². The van der Waals surface area contributed by atoms with Crippen LogP contribution < -0.4 is 5.32 Å². The highest BCUT2D eigenvalue weighted by molar-refractivity contribution is 6.02. The number of nitrogens with one attached hydrogen (secondary N) is 1. The number of carbonyl (C=O) groups is 1. The maximum atomic E-state index is 11.6. The van der Waals surface area contributed by atoms with Crippen LogP contribution in [0.15, 0.2) is 41.1 Å². The molecule has 0 radical (unpaired) electrons. The van der Waals surface area contributed by atoms with Gasteiger partial charge in [0.1, 0.15) is 6.07 Å². The van der Waals surface area contributed by atoms with E-state index in [1.165, 1.54) is 18.5 Å². The van der Waals surface area contributed by atoms with Crippen molar-refractivity contribution in [3.63, 3.8) is 0 Å². The van der Waals surface area contributed by atoms with E-state index >= 15 is 0 Å². The van der Waals surface area contributed by atoms with E-state index in [9.17, 15) is 4.79 Å². The molecule has 2 aromatic heterocycles. The van der Waals surface area contributed by atoms with Crippen molar-refractivity contribution in [3.05, 3.63) is 48.0 Å². The zero-order valence-electron chi connectivity index (χ0n) is 8.18. The minimum atomic E-state index is -0.430. The fourth-order valence-corrected chi connectivity index (χ4v) is 1.17. The van der Waals surface area contributed by atoms with E-state index in [2.05, 4.69) is 10.3 Å². The SMILES string of the molecule is N#Cc1cccnc1NC(=O)c1ccco1. The van der Waals surface area contributed by atoms with Crippen molar-refractivity contribution in [1.29, 1.82) is 5.26 Å². The molecule has 0 aliphatic rings. The molecule has 0 aromatic carbocycles. The Kier molecular flexibility index (Phi) is 2.65. The van der Waals surface area contributed by atoms with Crippen molar-refractivity contribution < 1.29 is 9.21 Å². The summed E-state index contributed by atoms with van der Waals surface area (Å²) in [6, 6.07) is 8.28. The Morgan fingerprint density at radius 2 is 2.31 bits per heavy atom. The Balaban J connectivity index is 2.22. The second-order valence-corrected chi connectivity index (χ2v) is 2.94. The first-order valence-corrected chi connectivity index (χ1v) is 4.51. The number of carbonyl (C=O) groups excluding carboxylic acids is 1. The van der Waals surface area contributed by atoms with Gasteiger partial charge < -0.3 is 9.73 Å². The van der Waals surface area contributed by atoms with E-state index in [1.54, 1.807) is 18.2 Å². The average Bonchev–Trinajstić information content (AvgIpc) is 2.83. The molecule has 2 rings (SSSR count). The standard InChI is InChI=1S/C11H7N3O2/c12-7-8-3-1-5-13-10(8)14-11(15)9-4-2-6-16-9/h1-6H,(H,13,14,15). The lowest BCUT2D eigenvalue weighted by Crippen LogP contribution is -2.13. The van der Waals surface area contributed by atoms with E-state index in [0.29, 0.717) is 5.56 Å². The number of nitrogens with zero attached hydrogens (tertiary/aromatic N) is 2. The first-order valence-electron chi connectivity index (χ1n) is 4.51. The minimum absolute atomic E-state index is 0.176. The topological polar surface area (TPSA) is 78.9 Å². The molecular formula is C11H7N3O2. The van der Waals surface area contributed by atoms with E-state index in [4.69, 9.17) is 9.68 Å². The summed E-state index contributed by atoms with van der Waals surface area (Å²) in [7, 11) is 0. The van der Waals surface area contributed by atoms with E-state index in [1.807, 2.05) is 6.07 Å². The van der Waals surface area contributed by atoms with Crippen LogP contribution in [0.2, 0.25) is 0 Å². The number of rotatable bonds is 2. The summed E-state index contributed by atoms with van der Waals surface area (Å²) in [5, 5.41) is 11.3. The van der Waals surface area contributed by atoms with Gasteiger partial charge in [-0.3, -0.25) is 4.79 Å². The molecule has 1 N–H and O–H groups in total. The third kappa shape index (κ3) is 1.91. The summed E-state index contributed by atoms with van der Waals surface area (Å²) >= 11 is 0. The molecule has 5 nitrogen and oxygen atoms in total. The third-order valence-corrected chi connectivity index (χ3v) is 1.91. The molecule has 0 saturated heterocycles. The number of aromatic nitrogens is 1. The third-order valence-electron chi connectivity index (χ3n) is 1.91. The summed E-state index contributed by atoms with van der Waals surface area (Å²) in [5.41, 5.74) is 0.308. The number of pyridine rings is 1. The molecule has 78 valence electrons. The van der Waals surface area contributed by atoms with Crippen molar-refractivity contribution in [3.8, 4) is 6.07 Å². The van der Waals surface area contributed by atoms with Gasteiger partial charge in [-0.15, -0.1) is 0 Å². The van der Waals surface area contributed by atoms with Crippen LogP contribution in [-0.4, -0.2) is 10.9 Å². The van der Waals surface area contributed by atoms with Crippen LogP contribution in [0.5, 0.6) is 0 Å². The van der Waals surface area contributed by atoms with Crippen LogP contribution in [0.3, 0.4) is 0 Å². The summed E-state index contributed by atoms with van der Waals surface area (Å²) in [6.07, 6.45) is 2.90. The van der Waals surface area contributed by atoms with E-state index in [-0.39, 0.29) is 11.6 Å². The molecule has 16 heavy (non-hydrogen) atoms. The molecule has 2 heterocycles. The van der Waals surface area contributed by atoms with Crippen molar-refractivity contribution in [1.82, 2.24) is 4.98 Å². The summed E-state index contributed by atoms with van der Waals surface area (Å²) in [4.78, 5) is 15.5. The summed E-state index contributed by atoms with van der Waals surface area (Å²) in [5.74, 6) is -0.0267. The zero-order valence-corrected chi connectivity index (χ0v) is 8.18. The van der Waals surface area contributed by atoms with Crippen LogP contribution in [0.25, 0.3) is 0 Å². The lowest BCUT2D eigenvalue weighted by Gasteiger charge is -2.02. The number of nitriles is 1. The highest BCUT2D eigenvalue weighted by Gasteiger charge is 2.11. The fraction of sp³-hybridized carbons (Fsp3) is 0. The molecule has 0 aliphatic carbocycles. The number of amides is 1. The quantitative estimate of drug-likeness (QED) is 0.824. The predicted octanol–water partition coefficient (Wildman–Crippen LogP) is 1.80. The normalized spacial score (nSPS) is 9.44. The van der Waals surface area contributed by atoms with Gasteiger partial charge in [-0.2, -0.15) is 5.26 Å². The number of anilines is 1. The first-order chi connectivity index (χ1) is 7.81. The number of hydrogen-bond donors (Lipinski definition) is 1. The van der Waals surface area contributed by atoms with Gasteiger partial charge in [0, 0.05) is 6.20 Å². The van der Waals surface area contributed by atoms with Crippen LogP contribution in [0.1, 0.15) is 16.1 Å². The molecule has 0 unspecified atom stereocenters. The predicted molar refractivity (Wildman–Crippen MR) is 55.6 cm³/mol.